The summed E-state index contributed by atoms with van der Waals surface area (Å²) in [5.74, 6) is 0.236. The van der Waals surface area contributed by atoms with E-state index in [-0.39, 0.29) is 11.7 Å². The topological polar surface area (TPSA) is 69.7 Å². The predicted molar refractivity (Wildman–Crippen MR) is 105 cm³/mol. The van der Waals surface area contributed by atoms with Crippen molar-refractivity contribution in [1.29, 1.82) is 0 Å². The molecule has 26 heavy (non-hydrogen) atoms. The molecule has 1 aliphatic heterocycles. The van der Waals surface area contributed by atoms with E-state index >= 15 is 0 Å². The Labute approximate surface area is 157 Å². The van der Waals surface area contributed by atoms with E-state index in [1.165, 1.54) is 6.26 Å². The largest absolute Gasteiger partial charge is 0.350 e. The number of rotatable bonds is 7. The average molecular weight is 382 g/mol. The van der Waals surface area contributed by atoms with Crippen LogP contribution in [0.1, 0.15) is 29.8 Å². The number of benzene rings is 1. The number of likely N-dealkylation sites (N-methyl/N-ethyl adjacent to an activating group) is 1. The molecule has 1 aliphatic rings. The molecule has 1 amide bonds. The van der Waals surface area contributed by atoms with Gasteiger partial charge in [0.05, 0.1) is 5.75 Å². The third kappa shape index (κ3) is 6.37. The van der Waals surface area contributed by atoms with Gasteiger partial charge in [0.2, 0.25) is 0 Å². The molecule has 0 aliphatic carbocycles. The summed E-state index contributed by atoms with van der Waals surface area (Å²) in [6.07, 6.45) is 1.20. The predicted octanol–water partition coefficient (Wildman–Crippen LogP) is 1.23. The summed E-state index contributed by atoms with van der Waals surface area (Å²) in [5, 5.41) is 3.04. The van der Waals surface area contributed by atoms with Crippen molar-refractivity contribution in [3.63, 3.8) is 0 Å². The van der Waals surface area contributed by atoms with Crippen molar-refractivity contribution in [1.82, 2.24) is 15.1 Å². The van der Waals surface area contributed by atoms with E-state index < -0.39 is 9.84 Å². The smallest absolute Gasteiger partial charge is 0.251 e. The van der Waals surface area contributed by atoms with E-state index in [9.17, 15) is 13.2 Å². The normalized spacial score (nSPS) is 18.0. The zero-order chi connectivity index (χ0) is 19.3. The summed E-state index contributed by atoms with van der Waals surface area (Å²) < 4.78 is 22.9. The van der Waals surface area contributed by atoms with Crippen LogP contribution >= 0.6 is 0 Å². The van der Waals surface area contributed by atoms with Gasteiger partial charge in [0.15, 0.2) is 9.84 Å². The Bertz CT molecular complexity index is 710. The lowest BCUT2D eigenvalue weighted by atomic mass is 10.0. The second-order valence-electron chi connectivity index (χ2n) is 7.63. The Kier molecular flexibility index (Phi) is 7.20. The zero-order valence-electron chi connectivity index (χ0n) is 16.2. The van der Waals surface area contributed by atoms with Crippen LogP contribution in [-0.2, 0) is 15.6 Å². The maximum Gasteiger partial charge on any atom is 0.251 e. The maximum absolute atomic E-state index is 12.5. The van der Waals surface area contributed by atoms with Crippen molar-refractivity contribution < 1.29 is 13.2 Å². The van der Waals surface area contributed by atoms with Gasteiger partial charge in [-0.2, -0.15) is 0 Å². The highest BCUT2D eigenvalue weighted by atomic mass is 32.2. The molecule has 1 N–H and O–H groups in total. The highest BCUT2D eigenvalue weighted by Gasteiger charge is 2.25. The molecule has 0 bridgehead atoms. The van der Waals surface area contributed by atoms with Gasteiger partial charge < -0.3 is 10.2 Å². The van der Waals surface area contributed by atoms with E-state index in [1.807, 2.05) is 0 Å². The molecule has 1 unspecified atom stereocenters. The first-order valence-electron chi connectivity index (χ1n) is 9.13. The Morgan fingerprint density at radius 3 is 2.42 bits per heavy atom. The number of amides is 1. The van der Waals surface area contributed by atoms with E-state index in [4.69, 9.17) is 0 Å². The number of sulfone groups is 1. The number of nitrogens with zero attached hydrogens (tertiary/aromatic N) is 2. The number of hydrogen-bond donors (Lipinski definition) is 1. The van der Waals surface area contributed by atoms with Gasteiger partial charge in [-0.15, -0.1) is 0 Å². The highest BCUT2D eigenvalue weighted by Crippen LogP contribution is 2.14. The second kappa shape index (κ2) is 8.97. The van der Waals surface area contributed by atoms with Crippen LogP contribution in [-0.4, -0.2) is 76.2 Å². The minimum atomic E-state index is -3.12. The summed E-state index contributed by atoms with van der Waals surface area (Å²) in [4.78, 5) is 17.3. The first kappa shape index (κ1) is 20.9. The Hall–Kier alpha value is -1.44. The molecule has 0 radical (unpaired) electrons. The minimum Gasteiger partial charge on any atom is -0.350 e. The number of nitrogens with one attached hydrogen (secondary N) is 1. The van der Waals surface area contributed by atoms with E-state index in [2.05, 4.69) is 36.0 Å². The molecule has 0 spiro atoms. The molecule has 0 aromatic heterocycles. The van der Waals surface area contributed by atoms with Gasteiger partial charge in [0.1, 0.15) is 0 Å². The van der Waals surface area contributed by atoms with Gasteiger partial charge in [0, 0.05) is 50.6 Å². The first-order valence-corrected chi connectivity index (χ1v) is 11.2. The fraction of sp³-hybridized carbons (Fsp3) is 0.632. The van der Waals surface area contributed by atoms with Crippen LogP contribution in [0.3, 0.4) is 0 Å². The van der Waals surface area contributed by atoms with Crippen LogP contribution in [0.5, 0.6) is 0 Å². The molecule has 1 aromatic carbocycles. The second-order valence-corrected chi connectivity index (χ2v) is 9.77. The van der Waals surface area contributed by atoms with E-state index in [1.54, 1.807) is 24.3 Å². The molecule has 6 nitrogen and oxygen atoms in total. The molecular weight excluding hydrogens is 350 g/mol. The monoisotopic (exact) mass is 381 g/mol. The summed E-state index contributed by atoms with van der Waals surface area (Å²) in [6, 6.07) is 7.15. The Morgan fingerprint density at radius 2 is 1.85 bits per heavy atom. The fourth-order valence-electron chi connectivity index (χ4n) is 3.34. The highest BCUT2D eigenvalue weighted by molar-refractivity contribution is 7.89. The summed E-state index contributed by atoms with van der Waals surface area (Å²) in [6.45, 7) is 9.08. The molecule has 1 atom stereocenters. The minimum absolute atomic E-state index is 0.0516. The molecule has 1 saturated heterocycles. The number of carbonyl (C=O) groups is 1. The van der Waals surface area contributed by atoms with Gasteiger partial charge in [-0.25, -0.2) is 8.42 Å². The molecule has 146 valence electrons. The van der Waals surface area contributed by atoms with Crippen molar-refractivity contribution in [3.05, 3.63) is 35.4 Å². The Morgan fingerprint density at radius 1 is 1.19 bits per heavy atom. The Balaban J connectivity index is 1.98. The standard InChI is InChI=1S/C19H31N3O3S/c1-15(2)18(22-10-8-21(3)9-11-22)13-20-19(23)17-7-5-6-16(12-17)14-26(4,24)25/h5-7,12,15,18H,8-11,13-14H2,1-4H3,(H,20,23). The maximum atomic E-state index is 12.5. The molecule has 2 rings (SSSR count). The summed E-state index contributed by atoms with van der Waals surface area (Å²) in [5.41, 5.74) is 1.15. The van der Waals surface area contributed by atoms with Gasteiger partial charge in [-0.05, 0) is 30.7 Å². The number of carbonyl (C=O) groups excluding carboxylic acids is 1. The first-order chi connectivity index (χ1) is 12.2. The van der Waals surface area contributed by atoms with Crippen LogP contribution in [0, 0.1) is 5.92 Å². The van der Waals surface area contributed by atoms with Crippen LogP contribution in [0.25, 0.3) is 0 Å². The SMILES string of the molecule is CC(C)C(CNC(=O)c1cccc(CS(C)(=O)=O)c1)N1CCN(C)CC1. The molecule has 1 fully saturated rings. The lowest BCUT2D eigenvalue weighted by Gasteiger charge is -2.39. The van der Waals surface area contributed by atoms with Gasteiger partial charge in [-0.1, -0.05) is 26.0 Å². The third-order valence-electron chi connectivity index (χ3n) is 4.87. The molecule has 0 saturated carbocycles. The number of hydrogen-bond acceptors (Lipinski definition) is 5. The molecular formula is C19H31N3O3S. The number of piperazine rings is 1. The van der Waals surface area contributed by atoms with Crippen LogP contribution in [0.4, 0.5) is 0 Å². The zero-order valence-corrected chi connectivity index (χ0v) is 17.1. The molecule has 7 heteroatoms. The lowest BCUT2D eigenvalue weighted by molar-refractivity contribution is 0.0791. The van der Waals surface area contributed by atoms with Gasteiger partial charge in [0.25, 0.3) is 5.91 Å². The third-order valence-corrected chi connectivity index (χ3v) is 5.72. The van der Waals surface area contributed by atoms with Crippen molar-refractivity contribution in [3.8, 4) is 0 Å². The van der Waals surface area contributed by atoms with Gasteiger partial charge >= 0.3 is 0 Å². The van der Waals surface area contributed by atoms with Crippen LogP contribution in [0.15, 0.2) is 24.3 Å². The van der Waals surface area contributed by atoms with E-state index in [0.29, 0.717) is 29.6 Å². The fourth-order valence-corrected chi connectivity index (χ4v) is 4.13. The van der Waals surface area contributed by atoms with Gasteiger partial charge in [-0.3, -0.25) is 9.69 Å². The summed E-state index contributed by atoms with van der Waals surface area (Å²) in [7, 11) is -0.986. The van der Waals surface area contributed by atoms with Crippen molar-refractivity contribution in [2.75, 3.05) is 46.0 Å². The molecule has 1 aromatic rings. The van der Waals surface area contributed by atoms with Crippen LogP contribution in [0.2, 0.25) is 0 Å². The van der Waals surface area contributed by atoms with E-state index in [0.717, 1.165) is 26.2 Å². The lowest BCUT2D eigenvalue weighted by Crippen LogP contribution is -2.54. The van der Waals surface area contributed by atoms with Crippen molar-refractivity contribution in [2.45, 2.75) is 25.6 Å². The molecule has 1 heterocycles. The average Bonchev–Trinajstić information content (AvgIpc) is 2.55. The summed E-state index contributed by atoms with van der Waals surface area (Å²) >= 11 is 0. The van der Waals surface area contributed by atoms with Crippen LogP contribution < -0.4 is 5.32 Å². The van der Waals surface area contributed by atoms with Crippen molar-refractivity contribution in [2.24, 2.45) is 5.92 Å². The van der Waals surface area contributed by atoms with Crippen molar-refractivity contribution >= 4 is 15.7 Å². The quantitative estimate of drug-likeness (QED) is 0.769.